The summed E-state index contributed by atoms with van der Waals surface area (Å²) in [5, 5.41) is 4.60. The van der Waals surface area contributed by atoms with Gasteiger partial charge in [0.05, 0.1) is 28.0 Å². The molecular formula is C60H52IrN4O-2. The summed E-state index contributed by atoms with van der Waals surface area (Å²) >= 11 is 0. The van der Waals surface area contributed by atoms with Crippen LogP contribution in [0.4, 0.5) is 0 Å². The van der Waals surface area contributed by atoms with Crippen molar-refractivity contribution in [2.24, 2.45) is 0 Å². The topological polar surface area (TPSA) is 56.7 Å². The Bertz CT molecular complexity index is 3620. The molecule has 0 bridgehead atoms. The van der Waals surface area contributed by atoms with E-state index < -0.39 is 6.85 Å². The van der Waals surface area contributed by atoms with Crippen LogP contribution in [0.1, 0.15) is 86.8 Å². The van der Waals surface area contributed by atoms with Gasteiger partial charge in [0, 0.05) is 58.0 Å². The fourth-order valence-corrected chi connectivity index (χ4v) is 8.90. The molecule has 0 aliphatic carbocycles. The smallest absolute Gasteiger partial charge is 0.121 e. The van der Waals surface area contributed by atoms with Crippen LogP contribution >= 0.6 is 0 Å². The van der Waals surface area contributed by atoms with Crippen LogP contribution in [-0.4, -0.2) is 19.5 Å². The van der Waals surface area contributed by atoms with Crippen LogP contribution in [-0.2, 0) is 25.5 Å². The zero-order chi connectivity index (χ0) is 47.5. The third-order valence-corrected chi connectivity index (χ3v) is 12.4. The molecule has 0 fully saturated rings. The van der Waals surface area contributed by atoms with E-state index in [1.165, 1.54) is 27.8 Å². The number of hydrogen-bond donors (Lipinski definition) is 0. The molecule has 11 aromatic rings. The van der Waals surface area contributed by atoms with E-state index in [2.05, 4.69) is 160 Å². The fourth-order valence-electron chi connectivity index (χ4n) is 8.90. The number of aromatic nitrogens is 4. The Hall–Kier alpha value is -6.72. The number of imidazole rings is 1. The molecule has 4 aromatic heterocycles. The van der Waals surface area contributed by atoms with Gasteiger partial charge < -0.3 is 14.0 Å². The van der Waals surface area contributed by atoms with E-state index in [-0.39, 0.29) is 43.1 Å². The Morgan fingerprint density at radius 1 is 0.652 bits per heavy atom. The van der Waals surface area contributed by atoms with Crippen LogP contribution in [0.25, 0.3) is 94.1 Å². The van der Waals surface area contributed by atoms with Crippen LogP contribution in [0.15, 0.2) is 162 Å². The molecule has 11 rings (SSSR count). The molecule has 0 spiro atoms. The van der Waals surface area contributed by atoms with Gasteiger partial charge in [-0.25, -0.2) is 0 Å². The molecule has 5 nitrogen and oxygen atoms in total. The van der Waals surface area contributed by atoms with Gasteiger partial charge in [0.1, 0.15) is 5.58 Å². The second kappa shape index (κ2) is 17.9. The van der Waals surface area contributed by atoms with Gasteiger partial charge in [-0.1, -0.05) is 132 Å². The number of nitrogens with zero attached hydrogens (tertiary/aromatic N) is 4. The van der Waals surface area contributed by atoms with Crippen molar-refractivity contribution in [1.82, 2.24) is 19.5 Å². The molecule has 0 amide bonds. The molecule has 7 aromatic carbocycles. The number of pyridine rings is 2. The van der Waals surface area contributed by atoms with Crippen LogP contribution in [0.5, 0.6) is 0 Å². The molecule has 6 heteroatoms. The van der Waals surface area contributed by atoms with E-state index in [0.717, 1.165) is 66.3 Å². The van der Waals surface area contributed by atoms with Gasteiger partial charge in [-0.3, -0.25) is 9.97 Å². The summed E-state index contributed by atoms with van der Waals surface area (Å²) in [6, 6.07) is 58.0. The van der Waals surface area contributed by atoms with Gasteiger partial charge in [0.15, 0.2) is 0 Å². The first kappa shape index (κ1) is 40.8. The minimum atomic E-state index is -2.30. The Labute approximate surface area is 405 Å². The summed E-state index contributed by atoms with van der Waals surface area (Å²) in [5.41, 5.74) is 14.3. The Balaban J connectivity index is 0.000000296. The minimum absolute atomic E-state index is 0. The van der Waals surface area contributed by atoms with E-state index in [0.29, 0.717) is 16.7 Å². The Morgan fingerprint density at radius 3 is 2.08 bits per heavy atom. The van der Waals surface area contributed by atoms with Crippen LogP contribution in [0.3, 0.4) is 0 Å². The van der Waals surface area contributed by atoms with Crippen molar-refractivity contribution in [3.63, 3.8) is 0 Å². The van der Waals surface area contributed by atoms with Crippen LogP contribution < -0.4 is 0 Å². The van der Waals surface area contributed by atoms with E-state index >= 15 is 0 Å². The van der Waals surface area contributed by atoms with Crippen molar-refractivity contribution in [2.45, 2.75) is 72.6 Å². The number of benzene rings is 7. The maximum atomic E-state index is 7.95. The third kappa shape index (κ3) is 8.25. The fraction of sp³-hybridized carbons (Fsp3) is 0.183. The first-order chi connectivity index (χ1) is 32.6. The quantitative estimate of drug-likeness (QED) is 0.123. The van der Waals surface area contributed by atoms with Crippen molar-refractivity contribution in [3.8, 4) is 39.5 Å². The van der Waals surface area contributed by atoms with Crippen molar-refractivity contribution in [2.75, 3.05) is 0 Å². The molecule has 4 heterocycles. The molecule has 0 aliphatic rings. The molecule has 329 valence electrons. The number of rotatable bonds is 6. The van der Waals surface area contributed by atoms with Crippen molar-refractivity contribution in [3.05, 3.63) is 192 Å². The van der Waals surface area contributed by atoms with Crippen molar-refractivity contribution >= 4 is 54.6 Å². The summed E-state index contributed by atoms with van der Waals surface area (Å²) in [6.07, 6.45) is 1.95. The van der Waals surface area contributed by atoms with Gasteiger partial charge in [-0.05, 0) is 105 Å². The van der Waals surface area contributed by atoms with Gasteiger partial charge in [-0.15, -0.1) is 54.1 Å². The maximum Gasteiger partial charge on any atom is 0.121 e. The van der Waals surface area contributed by atoms with E-state index in [9.17, 15) is 0 Å². The molecule has 66 heavy (non-hydrogen) atoms. The number of hydrogen-bond acceptors (Lipinski definition) is 4. The van der Waals surface area contributed by atoms with Crippen molar-refractivity contribution < 1.29 is 28.6 Å². The minimum Gasteiger partial charge on any atom is -0.501 e. The predicted molar refractivity (Wildman–Crippen MR) is 271 cm³/mol. The second-order valence-electron chi connectivity index (χ2n) is 18.5. The summed E-state index contributed by atoms with van der Waals surface area (Å²) in [5.74, 6) is 1.23. The second-order valence-corrected chi connectivity index (χ2v) is 18.5. The Morgan fingerprint density at radius 2 is 1.38 bits per heavy atom. The van der Waals surface area contributed by atoms with Crippen LogP contribution in [0, 0.1) is 19.0 Å². The number of furan rings is 1. The van der Waals surface area contributed by atoms with Gasteiger partial charge in [0.2, 0.25) is 0 Å². The average molecular weight is 1040 g/mol. The summed E-state index contributed by atoms with van der Waals surface area (Å²) < 4.78 is 33.0. The largest absolute Gasteiger partial charge is 0.501 e. The first-order valence-corrected chi connectivity index (χ1v) is 22.4. The van der Waals surface area contributed by atoms with Gasteiger partial charge in [0.25, 0.3) is 0 Å². The molecule has 0 saturated carbocycles. The maximum absolute atomic E-state index is 7.95. The zero-order valence-electron chi connectivity index (χ0n) is 41.2. The predicted octanol–water partition coefficient (Wildman–Crippen LogP) is 16.2. The number of fused-ring (bicyclic) bond motifs is 7. The number of aryl methyl sites for hydroxylation is 1. The molecular weight excluding hydrogens is 985 g/mol. The SMILES string of the molecule is CC(C)(C)c1ccc(-c2[c-]cccc2)nc1.[2H]C([2H])([2H])c1ccc2ccc3cc4c(cc3c2n1)oc1c(-c2nc3ccccc3n2-c2c(C(C)C)cc(-c3ccccc3)cc2C(C)C)[c-]ccc14.[Ir]. The average Bonchev–Trinajstić information content (AvgIpc) is 3.91. The van der Waals surface area contributed by atoms with E-state index in [1.54, 1.807) is 6.07 Å². The molecule has 0 saturated heterocycles. The summed E-state index contributed by atoms with van der Waals surface area (Å²) in [4.78, 5) is 14.4. The monoisotopic (exact) mass is 1040 g/mol. The van der Waals surface area contributed by atoms with Gasteiger partial charge in [-0.2, -0.15) is 0 Å². The van der Waals surface area contributed by atoms with Crippen LogP contribution in [0.2, 0.25) is 0 Å². The molecule has 0 aliphatic heterocycles. The summed E-state index contributed by atoms with van der Waals surface area (Å²) in [6.45, 7) is 13.3. The standard InChI is InChI=1S/C45H36N3O.C15H16N.Ir/c1-26(2)35-23-32(29-12-7-6-8-13-29)24-36(27(3)4)43(35)48-40-17-10-9-16-39(40)47-45(48)34-15-11-14-33-38-22-31-21-20-30-19-18-28(5)46-42(30)37(31)25-41(38)49-44(33)34;1-15(2,3)13-9-10-14(16-11-13)12-7-5-4-6-8-12;/h6-14,16-27H,1-5H3;4-7,9-11H,1-3H3;/q2*-1;/i5D3;;. The van der Waals surface area contributed by atoms with Crippen molar-refractivity contribution in [1.29, 1.82) is 0 Å². The summed E-state index contributed by atoms with van der Waals surface area (Å²) in [7, 11) is 0. The number of para-hydroxylation sites is 2. The molecule has 0 unspecified atom stereocenters. The normalized spacial score (nSPS) is 12.7. The first-order valence-electron chi connectivity index (χ1n) is 23.9. The van der Waals surface area contributed by atoms with Gasteiger partial charge >= 0.3 is 0 Å². The molecule has 0 atom stereocenters. The van der Waals surface area contributed by atoms with E-state index in [1.807, 2.05) is 66.9 Å². The molecule has 1 radical (unpaired) electrons. The Kier molecular flexibility index (Phi) is 11.1. The molecule has 0 N–H and O–H groups in total. The third-order valence-electron chi connectivity index (χ3n) is 12.4. The van der Waals surface area contributed by atoms with E-state index in [4.69, 9.17) is 13.5 Å². The zero-order valence-corrected chi connectivity index (χ0v) is 40.6.